The summed E-state index contributed by atoms with van der Waals surface area (Å²) in [5, 5.41) is 20.0. The molecule has 9 heteroatoms. The zero-order chi connectivity index (χ0) is 16.3. The molecule has 1 amide bonds. The van der Waals surface area contributed by atoms with Crippen LogP contribution in [-0.2, 0) is 11.3 Å². The standard InChI is InChI=1S/C13H8F2N6O/c14-7-1-2-9(8(15)3-7)19-12(22)6-21-11(5-17)10(4-16)20-13(21)18/h1-3H,6H2,(H2,18,20)(H,19,22). The van der Waals surface area contributed by atoms with Gasteiger partial charge in [0.05, 0.1) is 5.69 Å². The van der Waals surface area contributed by atoms with Crippen LogP contribution in [0.25, 0.3) is 0 Å². The minimum atomic E-state index is -0.940. The van der Waals surface area contributed by atoms with Gasteiger partial charge >= 0.3 is 0 Å². The molecule has 0 radical (unpaired) electrons. The SMILES string of the molecule is N#Cc1nc(N)n(CC(=O)Nc2ccc(F)cc2F)c1C#N. The van der Waals surface area contributed by atoms with Crippen molar-refractivity contribution in [3.8, 4) is 12.1 Å². The van der Waals surface area contributed by atoms with Crippen LogP contribution in [0.15, 0.2) is 18.2 Å². The summed E-state index contributed by atoms with van der Waals surface area (Å²) in [6.45, 7) is -0.444. The van der Waals surface area contributed by atoms with E-state index in [9.17, 15) is 13.6 Å². The molecule has 0 fully saturated rings. The number of hydrogen-bond donors (Lipinski definition) is 2. The van der Waals surface area contributed by atoms with Crippen molar-refractivity contribution in [2.75, 3.05) is 11.1 Å². The van der Waals surface area contributed by atoms with E-state index in [2.05, 4.69) is 10.3 Å². The summed E-state index contributed by atoms with van der Waals surface area (Å²) >= 11 is 0. The second-order valence-corrected chi connectivity index (χ2v) is 4.15. The Balaban J connectivity index is 2.22. The largest absolute Gasteiger partial charge is 0.369 e. The molecular formula is C13H8F2N6O. The molecule has 1 aromatic heterocycles. The van der Waals surface area contributed by atoms with E-state index in [4.69, 9.17) is 16.3 Å². The number of aromatic nitrogens is 2. The number of carbonyl (C=O) groups excluding carboxylic acids is 1. The fraction of sp³-hybridized carbons (Fsp3) is 0.0769. The predicted molar refractivity (Wildman–Crippen MR) is 71.1 cm³/mol. The Bertz CT molecular complexity index is 830. The molecule has 2 rings (SSSR count). The first-order chi connectivity index (χ1) is 10.5. The monoisotopic (exact) mass is 302 g/mol. The predicted octanol–water partition coefficient (Wildman–Crippen LogP) is 1.13. The summed E-state index contributed by atoms with van der Waals surface area (Å²) in [7, 11) is 0. The number of imidazole rings is 1. The van der Waals surface area contributed by atoms with Gasteiger partial charge in [-0.25, -0.2) is 13.8 Å². The van der Waals surface area contributed by atoms with Crippen molar-refractivity contribution in [2.45, 2.75) is 6.54 Å². The number of hydrogen-bond acceptors (Lipinski definition) is 5. The smallest absolute Gasteiger partial charge is 0.244 e. The highest BCUT2D eigenvalue weighted by molar-refractivity contribution is 5.91. The van der Waals surface area contributed by atoms with Crippen LogP contribution in [0.1, 0.15) is 11.4 Å². The van der Waals surface area contributed by atoms with Crippen LogP contribution in [0.2, 0.25) is 0 Å². The van der Waals surface area contributed by atoms with Gasteiger partial charge in [-0.15, -0.1) is 0 Å². The highest BCUT2D eigenvalue weighted by Gasteiger charge is 2.18. The number of nitrogens with zero attached hydrogens (tertiary/aromatic N) is 4. The van der Waals surface area contributed by atoms with Crippen molar-refractivity contribution in [1.82, 2.24) is 9.55 Å². The van der Waals surface area contributed by atoms with Crippen molar-refractivity contribution in [2.24, 2.45) is 0 Å². The lowest BCUT2D eigenvalue weighted by Crippen LogP contribution is -2.21. The highest BCUT2D eigenvalue weighted by Crippen LogP contribution is 2.16. The lowest BCUT2D eigenvalue weighted by molar-refractivity contribution is -0.116. The van der Waals surface area contributed by atoms with Gasteiger partial charge in [-0.1, -0.05) is 0 Å². The van der Waals surface area contributed by atoms with Crippen LogP contribution < -0.4 is 11.1 Å². The maximum atomic E-state index is 13.4. The second kappa shape index (κ2) is 5.89. The molecule has 0 unspecified atom stereocenters. The van der Waals surface area contributed by atoms with Gasteiger partial charge in [-0.05, 0) is 12.1 Å². The van der Waals surface area contributed by atoms with Gasteiger partial charge in [-0.2, -0.15) is 10.5 Å². The van der Waals surface area contributed by atoms with Crippen LogP contribution in [-0.4, -0.2) is 15.5 Å². The van der Waals surface area contributed by atoms with Crippen molar-refractivity contribution >= 4 is 17.5 Å². The molecule has 0 aliphatic carbocycles. The molecule has 0 bridgehead atoms. The molecule has 0 aliphatic heterocycles. The van der Waals surface area contributed by atoms with Crippen LogP contribution in [0.4, 0.5) is 20.4 Å². The number of benzene rings is 1. The molecule has 0 atom stereocenters. The van der Waals surface area contributed by atoms with Crippen LogP contribution in [0.3, 0.4) is 0 Å². The van der Waals surface area contributed by atoms with Crippen molar-refractivity contribution in [3.63, 3.8) is 0 Å². The van der Waals surface area contributed by atoms with Gasteiger partial charge in [0.15, 0.2) is 11.4 Å². The molecule has 2 aromatic rings. The lowest BCUT2D eigenvalue weighted by Gasteiger charge is -2.08. The third kappa shape index (κ3) is 2.83. The molecular weight excluding hydrogens is 294 g/mol. The molecule has 3 N–H and O–H groups in total. The number of nitrogens with two attached hydrogens (primary N) is 1. The average molecular weight is 302 g/mol. The molecule has 0 spiro atoms. The normalized spacial score (nSPS) is 9.82. The van der Waals surface area contributed by atoms with Crippen LogP contribution >= 0.6 is 0 Å². The number of nitrogen functional groups attached to an aromatic ring is 1. The summed E-state index contributed by atoms with van der Waals surface area (Å²) in [4.78, 5) is 15.5. The first-order valence-electron chi connectivity index (χ1n) is 5.87. The number of anilines is 2. The molecule has 1 aromatic carbocycles. The van der Waals surface area contributed by atoms with E-state index < -0.39 is 24.1 Å². The zero-order valence-electron chi connectivity index (χ0n) is 11.0. The number of carbonyl (C=O) groups is 1. The van der Waals surface area contributed by atoms with Crippen LogP contribution in [0.5, 0.6) is 0 Å². The Kier molecular flexibility index (Phi) is 4.00. The zero-order valence-corrected chi connectivity index (χ0v) is 11.0. The second-order valence-electron chi connectivity index (χ2n) is 4.15. The van der Waals surface area contributed by atoms with Gasteiger partial charge in [0.1, 0.15) is 30.3 Å². The van der Waals surface area contributed by atoms with Gasteiger partial charge in [-0.3, -0.25) is 9.36 Å². The fourth-order valence-corrected chi connectivity index (χ4v) is 1.75. The maximum absolute atomic E-state index is 13.4. The highest BCUT2D eigenvalue weighted by atomic mass is 19.1. The van der Waals surface area contributed by atoms with E-state index in [-0.39, 0.29) is 23.0 Å². The van der Waals surface area contributed by atoms with Crippen LogP contribution in [0, 0.1) is 34.3 Å². The first kappa shape index (κ1) is 14.9. The Hall–Kier alpha value is -3.46. The third-order valence-electron chi connectivity index (χ3n) is 2.72. The van der Waals surface area contributed by atoms with E-state index in [1.165, 1.54) is 0 Å². The Morgan fingerprint density at radius 2 is 2.09 bits per heavy atom. The molecule has 1 heterocycles. The first-order valence-corrected chi connectivity index (χ1v) is 5.87. The minimum absolute atomic E-state index is 0.172. The van der Waals surface area contributed by atoms with Gasteiger partial charge in [0.2, 0.25) is 11.9 Å². The summed E-state index contributed by atoms with van der Waals surface area (Å²) in [5.74, 6) is -2.62. The topological polar surface area (TPSA) is 121 Å². The number of rotatable bonds is 3. The van der Waals surface area contributed by atoms with Gasteiger partial charge in [0, 0.05) is 6.07 Å². The number of halogens is 2. The van der Waals surface area contributed by atoms with E-state index in [0.717, 1.165) is 16.7 Å². The fourth-order valence-electron chi connectivity index (χ4n) is 1.75. The summed E-state index contributed by atoms with van der Waals surface area (Å²) in [6, 6.07) is 6.06. The third-order valence-corrected chi connectivity index (χ3v) is 2.72. The van der Waals surface area contributed by atoms with Gasteiger partial charge in [0.25, 0.3) is 0 Å². The molecule has 0 aliphatic rings. The Morgan fingerprint density at radius 3 is 2.68 bits per heavy atom. The van der Waals surface area contributed by atoms with Crippen molar-refractivity contribution < 1.29 is 13.6 Å². The van der Waals surface area contributed by atoms with E-state index in [0.29, 0.717) is 6.07 Å². The molecule has 22 heavy (non-hydrogen) atoms. The van der Waals surface area contributed by atoms with E-state index >= 15 is 0 Å². The number of nitriles is 2. The van der Waals surface area contributed by atoms with E-state index in [1.54, 1.807) is 12.1 Å². The maximum Gasteiger partial charge on any atom is 0.244 e. The lowest BCUT2D eigenvalue weighted by atomic mass is 10.3. The Morgan fingerprint density at radius 1 is 1.36 bits per heavy atom. The molecule has 0 saturated carbocycles. The Labute approximate surface area is 123 Å². The average Bonchev–Trinajstić information content (AvgIpc) is 2.77. The number of nitrogens with one attached hydrogen (secondary N) is 1. The summed E-state index contributed by atoms with van der Waals surface area (Å²) in [5.41, 5.74) is 4.93. The molecule has 0 saturated heterocycles. The number of amides is 1. The summed E-state index contributed by atoms with van der Waals surface area (Å²) in [6.07, 6.45) is 0. The van der Waals surface area contributed by atoms with Crippen molar-refractivity contribution in [1.29, 1.82) is 10.5 Å². The summed E-state index contributed by atoms with van der Waals surface area (Å²) < 4.78 is 27.2. The quantitative estimate of drug-likeness (QED) is 0.880. The molecule has 7 nitrogen and oxygen atoms in total. The van der Waals surface area contributed by atoms with E-state index in [1.807, 2.05) is 0 Å². The van der Waals surface area contributed by atoms with Crippen molar-refractivity contribution in [3.05, 3.63) is 41.2 Å². The molecule has 110 valence electrons. The van der Waals surface area contributed by atoms with Gasteiger partial charge < -0.3 is 11.1 Å². The minimum Gasteiger partial charge on any atom is -0.369 e.